The number of aromatic nitrogens is 2. The summed E-state index contributed by atoms with van der Waals surface area (Å²) in [5.74, 6) is 0. The van der Waals surface area contributed by atoms with Gasteiger partial charge in [0, 0.05) is 12.2 Å². The van der Waals surface area contributed by atoms with E-state index in [9.17, 15) is 0 Å². The van der Waals surface area contributed by atoms with Gasteiger partial charge in [0.1, 0.15) is 0 Å². The molecule has 0 saturated carbocycles. The van der Waals surface area contributed by atoms with Gasteiger partial charge >= 0.3 is 0 Å². The number of hydrogen-bond acceptors (Lipinski definition) is 1. The highest BCUT2D eigenvalue weighted by Crippen LogP contribution is 2.23. The van der Waals surface area contributed by atoms with Gasteiger partial charge in [-0.15, -0.1) is 0 Å². The van der Waals surface area contributed by atoms with Crippen LogP contribution in [0.5, 0.6) is 0 Å². The van der Waals surface area contributed by atoms with Crippen LogP contribution in [0.25, 0.3) is 11.3 Å². The van der Waals surface area contributed by atoms with Crippen LogP contribution in [-0.4, -0.2) is 9.55 Å². The molecule has 2 nitrogen and oxygen atoms in total. The molecule has 0 saturated heterocycles. The second-order valence-electron chi connectivity index (χ2n) is 4.31. The molecule has 0 radical (unpaired) electrons. The van der Waals surface area contributed by atoms with E-state index in [1.807, 2.05) is 6.20 Å². The predicted octanol–water partition coefficient (Wildman–Crippen LogP) is 4.10. The highest BCUT2D eigenvalue weighted by Gasteiger charge is 2.08. The summed E-state index contributed by atoms with van der Waals surface area (Å²) in [6.07, 6.45) is 1.98. The Hall–Kier alpha value is -1.35. The van der Waals surface area contributed by atoms with Gasteiger partial charge < -0.3 is 9.55 Å². The SMILES string of the molecule is Cc1ccc(-c2c[nH]c(=S)n2C(C)C)cc1. The number of rotatable bonds is 2. The minimum Gasteiger partial charge on any atom is -0.337 e. The molecule has 2 rings (SSSR count). The maximum absolute atomic E-state index is 5.28. The number of nitrogens with one attached hydrogen (secondary N) is 1. The predicted molar refractivity (Wildman–Crippen MR) is 70.2 cm³/mol. The Bertz CT molecular complexity index is 532. The smallest absolute Gasteiger partial charge is 0.177 e. The van der Waals surface area contributed by atoms with Crippen LogP contribution in [0.2, 0.25) is 0 Å². The van der Waals surface area contributed by atoms with Gasteiger partial charge in [0.05, 0.1) is 5.69 Å². The van der Waals surface area contributed by atoms with Crippen LogP contribution in [0.3, 0.4) is 0 Å². The lowest BCUT2D eigenvalue weighted by atomic mass is 10.1. The first-order chi connectivity index (χ1) is 7.59. The van der Waals surface area contributed by atoms with Crippen molar-refractivity contribution in [1.29, 1.82) is 0 Å². The van der Waals surface area contributed by atoms with Crippen LogP contribution in [0, 0.1) is 11.7 Å². The average molecular weight is 232 g/mol. The number of hydrogen-bond donors (Lipinski definition) is 1. The molecule has 1 N–H and O–H groups in total. The van der Waals surface area contributed by atoms with E-state index in [2.05, 4.69) is 54.6 Å². The summed E-state index contributed by atoms with van der Waals surface area (Å²) >= 11 is 5.28. The van der Waals surface area contributed by atoms with Crippen molar-refractivity contribution in [1.82, 2.24) is 9.55 Å². The fraction of sp³-hybridized carbons (Fsp3) is 0.308. The topological polar surface area (TPSA) is 20.7 Å². The Morgan fingerprint density at radius 3 is 2.38 bits per heavy atom. The van der Waals surface area contributed by atoms with Gasteiger partial charge in [-0.2, -0.15) is 0 Å². The molecule has 0 atom stereocenters. The first kappa shape index (κ1) is 11.1. The zero-order valence-corrected chi connectivity index (χ0v) is 10.6. The monoisotopic (exact) mass is 232 g/mol. The standard InChI is InChI=1S/C13H16N2S/c1-9(2)15-12(8-14-13(15)16)11-6-4-10(3)5-7-11/h4-9H,1-3H3,(H,14,16). The van der Waals surface area contributed by atoms with Crippen molar-refractivity contribution in [3.8, 4) is 11.3 Å². The Morgan fingerprint density at radius 1 is 1.19 bits per heavy atom. The van der Waals surface area contributed by atoms with Gasteiger partial charge in [-0.3, -0.25) is 0 Å². The highest BCUT2D eigenvalue weighted by atomic mass is 32.1. The zero-order valence-electron chi connectivity index (χ0n) is 9.82. The minimum atomic E-state index is 0.370. The maximum Gasteiger partial charge on any atom is 0.177 e. The van der Waals surface area contributed by atoms with Gasteiger partial charge in [-0.05, 0) is 38.6 Å². The van der Waals surface area contributed by atoms with Crippen molar-refractivity contribution >= 4 is 12.2 Å². The van der Waals surface area contributed by atoms with E-state index >= 15 is 0 Å². The molecule has 0 fully saturated rings. The van der Waals surface area contributed by atoms with Crippen LogP contribution in [0.4, 0.5) is 0 Å². The van der Waals surface area contributed by atoms with E-state index in [0.29, 0.717) is 6.04 Å². The molecule has 1 aromatic heterocycles. The van der Waals surface area contributed by atoms with E-state index in [4.69, 9.17) is 12.2 Å². The molecule has 0 aliphatic rings. The van der Waals surface area contributed by atoms with Crippen molar-refractivity contribution in [2.45, 2.75) is 26.8 Å². The molecule has 0 aliphatic carbocycles. The van der Waals surface area contributed by atoms with Gasteiger partial charge in [-0.25, -0.2) is 0 Å². The molecule has 0 aliphatic heterocycles. The number of aromatic amines is 1. The molecule has 0 amide bonds. The number of nitrogens with zero attached hydrogens (tertiary/aromatic N) is 1. The Balaban J connectivity index is 2.56. The summed E-state index contributed by atoms with van der Waals surface area (Å²) in [5, 5.41) is 0. The fourth-order valence-electron chi connectivity index (χ4n) is 1.84. The number of H-pyrrole nitrogens is 1. The van der Waals surface area contributed by atoms with Crippen molar-refractivity contribution in [2.24, 2.45) is 0 Å². The lowest BCUT2D eigenvalue weighted by Gasteiger charge is -2.12. The summed E-state index contributed by atoms with van der Waals surface area (Å²) in [6, 6.07) is 8.87. The van der Waals surface area contributed by atoms with Crippen LogP contribution in [-0.2, 0) is 0 Å². The molecule has 1 heterocycles. The van der Waals surface area contributed by atoms with Crippen molar-refractivity contribution in [3.63, 3.8) is 0 Å². The molecule has 16 heavy (non-hydrogen) atoms. The third kappa shape index (κ3) is 1.95. The zero-order chi connectivity index (χ0) is 11.7. The lowest BCUT2D eigenvalue weighted by Crippen LogP contribution is -2.02. The maximum atomic E-state index is 5.28. The van der Waals surface area contributed by atoms with Gasteiger partial charge in [0.15, 0.2) is 4.77 Å². The first-order valence-corrected chi connectivity index (χ1v) is 5.87. The van der Waals surface area contributed by atoms with Crippen LogP contribution >= 0.6 is 12.2 Å². The summed E-state index contributed by atoms with van der Waals surface area (Å²) in [5.41, 5.74) is 3.63. The molecule has 1 aromatic carbocycles. The van der Waals surface area contributed by atoms with E-state index < -0.39 is 0 Å². The second kappa shape index (κ2) is 4.26. The van der Waals surface area contributed by atoms with E-state index in [-0.39, 0.29) is 0 Å². The van der Waals surface area contributed by atoms with Crippen LogP contribution in [0.1, 0.15) is 25.5 Å². The van der Waals surface area contributed by atoms with E-state index in [0.717, 1.165) is 10.5 Å². The lowest BCUT2D eigenvalue weighted by molar-refractivity contribution is 0.598. The second-order valence-corrected chi connectivity index (χ2v) is 4.70. The van der Waals surface area contributed by atoms with Gasteiger partial charge in [0.25, 0.3) is 0 Å². The van der Waals surface area contributed by atoms with E-state index in [1.54, 1.807) is 0 Å². The van der Waals surface area contributed by atoms with Crippen LogP contribution in [0.15, 0.2) is 30.5 Å². The van der Waals surface area contributed by atoms with E-state index in [1.165, 1.54) is 11.1 Å². The third-order valence-corrected chi connectivity index (χ3v) is 2.99. The molecule has 0 spiro atoms. The van der Waals surface area contributed by atoms with Crippen LogP contribution < -0.4 is 0 Å². The normalized spacial score (nSPS) is 11.0. The highest BCUT2D eigenvalue weighted by molar-refractivity contribution is 7.71. The molecular formula is C13H16N2S. The first-order valence-electron chi connectivity index (χ1n) is 5.46. The van der Waals surface area contributed by atoms with Crippen molar-refractivity contribution in [2.75, 3.05) is 0 Å². The summed E-state index contributed by atoms with van der Waals surface area (Å²) in [7, 11) is 0. The molecule has 84 valence electrons. The third-order valence-electron chi connectivity index (χ3n) is 2.67. The van der Waals surface area contributed by atoms with Crippen molar-refractivity contribution in [3.05, 3.63) is 40.8 Å². The Kier molecular flexibility index (Phi) is 2.97. The molecule has 0 unspecified atom stereocenters. The molecule has 3 heteroatoms. The summed E-state index contributed by atoms with van der Waals surface area (Å²) in [6.45, 7) is 6.37. The number of benzene rings is 1. The Morgan fingerprint density at radius 2 is 1.81 bits per heavy atom. The van der Waals surface area contributed by atoms with Gasteiger partial charge in [0.2, 0.25) is 0 Å². The Labute approximate surface area is 101 Å². The molecular weight excluding hydrogens is 216 g/mol. The summed E-state index contributed by atoms with van der Waals surface area (Å²) in [4.78, 5) is 3.11. The molecule has 0 bridgehead atoms. The largest absolute Gasteiger partial charge is 0.337 e. The minimum absolute atomic E-state index is 0.370. The summed E-state index contributed by atoms with van der Waals surface area (Å²) < 4.78 is 2.92. The van der Waals surface area contributed by atoms with Crippen molar-refractivity contribution < 1.29 is 0 Å². The number of imidazole rings is 1. The number of aryl methyl sites for hydroxylation is 1. The van der Waals surface area contributed by atoms with Gasteiger partial charge in [-0.1, -0.05) is 29.8 Å². The quantitative estimate of drug-likeness (QED) is 0.773. The molecule has 2 aromatic rings. The average Bonchev–Trinajstić information content (AvgIpc) is 2.61. The fourth-order valence-corrected chi connectivity index (χ4v) is 2.21.